The summed E-state index contributed by atoms with van der Waals surface area (Å²) in [5.74, 6) is 1.57. The van der Waals surface area contributed by atoms with Gasteiger partial charge >= 0.3 is 0 Å². The molecule has 0 saturated carbocycles. The number of benzene rings is 7. The van der Waals surface area contributed by atoms with Crippen molar-refractivity contribution >= 4 is 55.2 Å². The third-order valence-electron chi connectivity index (χ3n) is 8.71. The first-order chi connectivity index (χ1) is 22.3. The number of furan rings is 1. The fraction of sp³-hybridized carbons (Fsp3) is 0.0244. The summed E-state index contributed by atoms with van der Waals surface area (Å²) in [7, 11) is 0. The molecule has 0 atom stereocenters. The topological polar surface area (TPSA) is 49.9 Å². The number of para-hydroxylation sites is 1. The molecule has 0 radical (unpaired) electrons. The molecule has 8 aromatic rings. The standard InChI is InChI=1S/C41H27N3O/c1-2-12-28(13-3-1)33-22-23-36-37(34-16-8-9-17-35(34)45-36)38(33)41-43-39(31-20-18-26-10-4-6-14-29(26)24-31)42-40(44-41)32-21-19-27-11-5-7-15-30(27)25-32/h1-25,41H,(H,42,43,44). The Balaban J connectivity index is 1.32. The van der Waals surface area contributed by atoms with Gasteiger partial charge in [0, 0.05) is 27.5 Å². The van der Waals surface area contributed by atoms with E-state index in [1.54, 1.807) is 0 Å². The first-order valence-corrected chi connectivity index (χ1v) is 15.2. The van der Waals surface area contributed by atoms with E-state index in [1.807, 2.05) is 18.2 Å². The molecule has 212 valence electrons. The lowest BCUT2D eigenvalue weighted by molar-refractivity contribution is 0.667. The van der Waals surface area contributed by atoms with Crippen molar-refractivity contribution in [3.05, 3.63) is 168 Å². The molecule has 0 amide bonds. The summed E-state index contributed by atoms with van der Waals surface area (Å²) in [6.07, 6.45) is -0.519. The van der Waals surface area contributed by atoms with Gasteiger partial charge in [0.05, 0.1) is 0 Å². The zero-order valence-electron chi connectivity index (χ0n) is 24.3. The maximum Gasteiger partial charge on any atom is 0.171 e. The van der Waals surface area contributed by atoms with Crippen LogP contribution in [0, 0.1) is 0 Å². The molecular weight excluding hydrogens is 550 g/mol. The lowest BCUT2D eigenvalue weighted by Crippen LogP contribution is -2.36. The molecule has 1 aliphatic rings. The lowest BCUT2D eigenvalue weighted by Gasteiger charge is -2.24. The first-order valence-electron chi connectivity index (χ1n) is 15.2. The largest absolute Gasteiger partial charge is 0.456 e. The van der Waals surface area contributed by atoms with Gasteiger partial charge in [-0.3, -0.25) is 0 Å². The molecule has 7 aromatic carbocycles. The Morgan fingerprint density at radius 2 is 1.04 bits per heavy atom. The number of amidine groups is 2. The van der Waals surface area contributed by atoms with Crippen LogP contribution in [0.4, 0.5) is 0 Å². The van der Waals surface area contributed by atoms with Gasteiger partial charge in [-0.2, -0.15) is 0 Å². The van der Waals surface area contributed by atoms with E-state index in [1.165, 1.54) is 21.5 Å². The molecule has 0 unspecified atom stereocenters. The van der Waals surface area contributed by atoms with E-state index in [2.05, 4.69) is 139 Å². The van der Waals surface area contributed by atoms with Crippen LogP contribution in [-0.4, -0.2) is 11.7 Å². The van der Waals surface area contributed by atoms with Crippen LogP contribution in [0.1, 0.15) is 22.9 Å². The molecule has 9 rings (SSSR count). The van der Waals surface area contributed by atoms with Crippen molar-refractivity contribution in [2.45, 2.75) is 6.17 Å². The monoisotopic (exact) mass is 577 g/mol. The van der Waals surface area contributed by atoms with Crippen LogP contribution in [0.3, 0.4) is 0 Å². The Morgan fingerprint density at radius 3 is 1.71 bits per heavy atom. The number of fused-ring (bicyclic) bond motifs is 5. The zero-order valence-corrected chi connectivity index (χ0v) is 24.3. The normalized spacial score (nSPS) is 13.7. The molecule has 0 bridgehead atoms. The van der Waals surface area contributed by atoms with Gasteiger partial charge in [-0.05, 0) is 56.9 Å². The maximum atomic E-state index is 6.38. The number of nitrogens with one attached hydrogen (secondary N) is 1. The van der Waals surface area contributed by atoms with Crippen LogP contribution in [0.2, 0.25) is 0 Å². The van der Waals surface area contributed by atoms with Crippen molar-refractivity contribution in [1.29, 1.82) is 0 Å². The minimum absolute atomic E-state index is 0.519. The van der Waals surface area contributed by atoms with E-state index in [0.29, 0.717) is 0 Å². The van der Waals surface area contributed by atoms with E-state index in [-0.39, 0.29) is 0 Å². The fourth-order valence-corrected chi connectivity index (χ4v) is 6.53. The second kappa shape index (κ2) is 10.3. The number of hydrogen-bond acceptors (Lipinski definition) is 4. The first kappa shape index (κ1) is 25.5. The second-order valence-corrected chi connectivity index (χ2v) is 11.4. The van der Waals surface area contributed by atoms with Crippen molar-refractivity contribution in [2.75, 3.05) is 0 Å². The Hall–Kier alpha value is -6.00. The molecule has 1 aromatic heterocycles. The third kappa shape index (κ3) is 4.38. The van der Waals surface area contributed by atoms with Crippen LogP contribution >= 0.6 is 0 Å². The maximum absolute atomic E-state index is 6.38. The van der Waals surface area contributed by atoms with E-state index < -0.39 is 6.17 Å². The average molecular weight is 578 g/mol. The summed E-state index contributed by atoms with van der Waals surface area (Å²) >= 11 is 0. The summed E-state index contributed by atoms with van der Waals surface area (Å²) in [5, 5.41) is 10.4. The van der Waals surface area contributed by atoms with Crippen molar-refractivity contribution < 1.29 is 4.42 Å². The van der Waals surface area contributed by atoms with Crippen LogP contribution < -0.4 is 5.32 Å². The second-order valence-electron chi connectivity index (χ2n) is 11.4. The van der Waals surface area contributed by atoms with Gasteiger partial charge < -0.3 is 9.73 Å². The summed E-state index contributed by atoms with van der Waals surface area (Å²) in [6, 6.07) is 52.8. The highest BCUT2D eigenvalue weighted by Gasteiger charge is 2.27. The Morgan fingerprint density at radius 1 is 0.467 bits per heavy atom. The fourth-order valence-electron chi connectivity index (χ4n) is 6.53. The molecule has 1 aliphatic heterocycles. The molecule has 0 fully saturated rings. The van der Waals surface area contributed by atoms with Crippen LogP contribution in [0.5, 0.6) is 0 Å². The third-order valence-corrected chi connectivity index (χ3v) is 8.71. The Labute approximate surface area is 260 Å². The van der Waals surface area contributed by atoms with E-state index in [0.717, 1.165) is 61.4 Å². The summed E-state index contributed by atoms with van der Waals surface area (Å²) < 4.78 is 6.38. The molecular formula is C41H27N3O. The van der Waals surface area contributed by atoms with Gasteiger partial charge in [0.1, 0.15) is 22.8 Å². The van der Waals surface area contributed by atoms with Crippen LogP contribution in [0.15, 0.2) is 166 Å². The van der Waals surface area contributed by atoms with Crippen LogP contribution in [0.25, 0.3) is 54.6 Å². The van der Waals surface area contributed by atoms with Gasteiger partial charge in [0.2, 0.25) is 0 Å². The van der Waals surface area contributed by atoms with Crippen molar-refractivity contribution in [3.8, 4) is 11.1 Å². The van der Waals surface area contributed by atoms with Crippen LogP contribution in [-0.2, 0) is 0 Å². The van der Waals surface area contributed by atoms with Crippen molar-refractivity contribution in [1.82, 2.24) is 5.32 Å². The molecule has 1 N–H and O–H groups in total. The van der Waals surface area contributed by atoms with E-state index in [9.17, 15) is 0 Å². The van der Waals surface area contributed by atoms with Gasteiger partial charge in [0.25, 0.3) is 0 Å². The Bertz CT molecular complexity index is 2380. The van der Waals surface area contributed by atoms with E-state index in [4.69, 9.17) is 14.4 Å². The van der Waals surface area contributed by atoms with Gasteiger partial charge in [0.15, 0.2) is 6.17 Å². The highest BCUT2D eigenvalue weighted by molar-refractivity contribution is 6.18. The molecule has 0 spiro atoms. The molecule has 4 heteroatoms. The van der Waals surface area contributed by atoms with Gasteiger partial charge in [-0.15, -0.1) is 0 Å². The lowest BCUT2D eigenvalue weighted by atomic mass is 9.93. The van der Waals surface area contributed by atoms with E-state index >= 15 is 0 Å². The van der Waals surface area contributed by atoms with Crippen molar-refractivity contribution in [3.63, 3.8) is 0 Å². The van der Waals surface area contributed by atoms with Gasteiger partial charge in [-0.1, -0.05) is 127 Å². The summed E-state index contributed by atoms with van der Waals surface area (Å²) in [5.41, 5.74) is 6.93. The minimum Gasteiger partial charge on any atom is -0.456 e. The smallest absolute Gasteiger partial charge is 0.171 e. The van der Waals surface area contributed by atoms with Gasteiger partial charge in [-0.25, -0.2) is 9.98 Å². The zero-order chi connectivity index (χ0) is 29.7. The van der Waals surface area contributed by atoms with Crippen molar-refractivity contribution in [2.24, 2.45) is 9.98 Å². The molecule has 4 nitrogen and oxygen atoms in total. The number of hydrogen-bond donors (Lipinski definition) is 1. The SMILES string of the molecule is c1ccc(-c2ccc3oc4ccccc4c3c2C2N=C(c3ccc4ccccc4c3)NC(c3ccc4ccccc4c3)=N2)cc1. The highest BCUT2D eigenvalue weighted by atomic mass is 16.3. The summed E-state index contributed by atoms with van der Waals surface area (Å²) in [6.45, 7) is 0. The molecule has 45 heavy (non-hydrogen) atoms. The highest BCUT2D eigenvalue weighted by Crippen LogP contribution is 2.42. The predicted molar refractivity (Wildman–Crippen MR) is 186 cm³/mol. The minimum atomic E-state index is -0.519. The number of nitrogens with zero attached hydrogens (tertiary/aromatic N) is 2. The molecule has 2 heterocycles. The molecule has 0 aliphatic carbocycles. The predicted octanol–water partition coefficient (Wildman–Crippen LogP) is 10.1. The summed E-state index contributed by atoms with van der Waals surface area (Å²) in [4.78, 5) is 10.7. The Kier molecular flexibility index (Phi) is 5.85. The number of aliphatic imine (C=N–C) groups is 2. The molecule has 0 saturated heterocycles. The number of rotatable bonds is 4. The quantitative estimate of drug-likeness (QED) is 0.226. The average Bonchev–Trinajstić information content (AvgIpc) is 3.50.